The number of carbonyl (C=O) groups is 1. The first-order valence-electron chi connectivity index (χ1n) is 5.33. The lowest BCUT2D eigenvalue weighted by Crippen LogP contribution is -2.23. The van der Waals surface area contributed by atoms with E-state index >= 15 is 0 Å². The van der Waals surface area contributed by atoms with Gasteiger partial charge in [-0.2, -0.15) is 0 Å². The van der Waals surface area contributed by atoms with E-state index in [2.05, 4.69) is 25.3 Å². The molecule has 0 atom stereocenters. The van der Waals surface area contributed by atoms with Crippen molar-refractivity contribution in [1.29, 1.82) is 0 Å². The standard InChI is InChI=1S/C11H13N5O/c17-11(2-1-9-5-12-7-15-9)14-4-3-10-6-13-8-16-10/h1-2,6-8H,3-5H2,(H,13,16)(H,14,17)/b2-1+. The number of aromatic amines is 1. The summed E-state index contributed by atoms with van der Waals surface area (Å²) in [4.78, 5) is 26.2. The summed E-state index contributed by atoms with van der Waals surface area (Å²) in [5.41, 5.74) is 1.80. The quantitative estimate of drug-likeness (QED) is 0.705. The van der Waals surface area contributed by atoms with Gasteiger partial charge in [0.15, 0.2) is 0 Å². The number of imidazole rings is 1. The molecule has 2 heterocycles. The Hall–Kier alpha value is -2.24. The van der Waals surface area contributed by atoms with Crippen LogP contribution in [0.25, 0.3) is 0 Å². The van der Waals surface area contributed by atoms with Crippen molar-refractivity contribution in [2.75, 3.05) is 13.1 Å². The second kappa shape index (κ2) is 5.74. The second-order valence-corrected chi connectivity index (χ2v) is 3.53. The van der Waals surface area contributed by atoms with Crippen LogP contribution in [0.15, 0.2) is 34.7 Å². The predicted octanol–water partition coefficient (Wildman–Crippen LogP) is 0.107. The molecule has 6 heteroatoms. The fraction of sp³-hybridized carbons (Fsp3) is 0.273. The van der Waals surface area contributed by atoms with Crippen molar-refractivity contribution in [3.05, 3.63) is 30.4 Å². The van der Waals surface area contributed by atoms with E-state index in [-0.39, 0.29) is 5.91 Å². The van der Waals surface area contributed by atoms with Crippen molar-refractivity contribution in [3.63, 3.8) is 0 Å². The minimum absolute atomic E-state index is 0.126. The Bertz CT molecular complexity index is 458. The number of nitrogens with one attached hydrogen (secondary N) is 2. The first kappa shape index (κ1) is 11.3. The summed E-state index contributed by atoms with van der Waals surface area (Å²) in [5.74, 6) is -0.126. The third-order valence-corrected chi connectivity index (χ3v) is 2.23. The molecule has 88 valence electrons. The average molecular weight is 231 g/mol. The van der Waals surface area contributed by atoms with E-state index in [1.807, 2.05) is 0 Å². The number of aliphatic imine (C=N–C) groups is 2. The van der Waals surface area contributed by atoms with Crippen LogP contribution in [0.5, 0.6) is 0 Å². The Morgan fingerprint density at radius 2 is 2.53 bits per heavy atom. The zero-order chi connectivity index (χ0) is 11.9. The van der Waals surface area contributed by atoms with E-state index in [9.17, 15) is 4.79 Å². The van der Waals surface area contributed by atoms with E-state index in [4.69, 9.17) is 0 Å². The Morgan fingerprint density at radius 1 is 1.59 bits per heavy atom. The van der Waals surface area contributed by atoms with Crippen molar-refractivity contribution in [1.82, 2.24) is 15.3 Å². The minimum atomic E-state index is -0.126. The molecule has 0 saturated heterocycles. The van der Waals surface area contributed by atoms with E-state index in [0.717, 1.165) is 17.8 Å². The molecular formula is C11H13N5O. The lowest BCUT2D eigenvalue weighted by atomic mass is 10.3. The summed E-state index contributed by atoms with van der Waals surface area (Å²) in [6.45, 7) is 1.13. The van der Waals surface area contributed by atoms with Gasteiger partial charge in [-0.3, -0.25) is 9.79 Å². The van der Waals surface area contributed by atoms with Gasteiger partial charge in [0.25, 0.3) is 0 Å². The van der Waals surface area contributed by atoms with Gasteiger partial charge in [0.05, 0.1) is 18.6 Å². The Balaban J connectivity index is 1.67. The van der Waals surface area contributed by atoms with Gasteiger partial charge in [-0.25, -0.2) is 9.98 Å². The van der Waals surface area contributed by atoms with E-state index in [1.165, 1.54) is 12.4 Å². The van der Waals surface area contributed by atoms with Crippen LogP contribution in [0.2, 0.25) is 0 Å². The van der Waals surface area contributed by atoms with Gasteiger partial charge in [0.2, 0.25) is 5.91 Å². The Morgan fingerprint density at radius 3 is 3.24 bits per heavy atom. The molecule has 0 bridgehead atoms. The predicted molar refractivity (Wildman–Crippen MR) is 65.2 cm³/mol. The highest BCUT2D eigenvalue weighted by molar-refractivity contribution is 6.06. The maximum Gasteiger partial charge on any atom is 0.244 e. The zero-order valence-corrected chi connectivity index (χ0v) is 9.26. The molecule has 1 aliphatic rings. The van der Waals surface area contributed by atoms with Gasteiger partial charge in [0, 0.05) is 30.9 Å². The molecule has 0 saturated carbocycles. The SMILES string of the molecule is O=C(/C=C/C1=NC=NC1)NCCc1cnc[nH]1. The number of amides is 1. The highest BCUT2D eigenvalue weighted by Gasteiger charge is 2.00. The molecule has 0 fully saturated rings. The molecule has 0 unspecified atom stereocenters. The molecule has 2 N–H and O–H groups in total. The highest BCUT2D eigenvalue weighted by Crippen LogP contribution is 1.92. The molecule has 1 aromatic heterocycles. The number of hydrogen-bond donors (Lipinski definition) is 2. The minimum Gasteiger partial charge on any atom is -0.352 e. The summed E-state index contributed by atoms with van der Waals surface area (Å²) >= 11 is 0. The molecule has 0 radical (unpaired) electrons. The van der Waals surface area contributed by atoms with Gasteiger partial charge < -0.3 is 10.3 Å². The van der Waals surface area contributed by atoms with Crippen LogP contribution in [0, 0.1) is 0 Å². The number of hydrogen-bond acceptors (Lipinski definition) is 4. The van der Waals surface area contributed by atoms with Crippen LogP contribution in [0.4, 0.5) is 0 Å². The average Bonchev–Trinajstić information content (AvgIpc) is 2.99. The maximum atomic E-state index is 11.4. The van der Waals surface area contributed by atoms with Crippen molar-refractivity contribution in [3.8, 4) is 0 Å². The number of carbonyl (C=O) groups excluding carboxylic acids is 1. The number of rotatable bonds is 5. The van der Waals surface area contributed by atoms with Crippen LogP contribution >= 0.6 is 0 Å². The van der Waals surface area contributed by atoms with Crippen LogP contribution in [-0.4, -0.2) is 41.0 Å². The first-order chi connectivity index (χ1) is 8.34. The largest absolute Gasteiger partial charge is 0.352 e. The van der Waals surface area contributed by atoms with Crippen LogP contribution in [-0.2, 0) is 11.2 Å². The Labute approximate surface area is 98.6 Å². The van der Waals surface area contributed by atoms with Crippen molar-refractivity contribution >= 4 is 18.0 Å². The summed E-state index contributed by atoms with van der Waals surface area (Å²) < 4.78 is 0. The lowest BCUT2D eigenvalue weighted by Gasteiger charge is -1.99. The molecule has 0 aromatic carbocycles. The third kappa shape index (κ3) is 3.67. The summed E-state index contributed by atoms with van der Waals surface area (Å²) in [6.07, 6.45) is 8.75. The molecule has 1 amide bonds. The lowest BCUT2D eigenvalue weighted by molar-refractivity contribution is -0.116. The van der Waals surface area contributed by atoms with Gasteiger partial charge in [-0.1, -0.05) is 0 Å². The third-order valence-electron chi connectivity index (χ3n) is 2.23. The first-order valence-corrected chi connectivity index (χ1v) is 5.33. The summed E-state index contributed by atoms with van der Waals surface area (Å²) in [7, 11) is 0. The van der Waals surface area contributed by atoms with E-state index in [1.54, 1.807) is 18.6 Å². The van der Waals surface area contributed by atoms with Gasteiger partial charge in [-0.05, 0) is 6.08 Å². The second-order valence-electron chi connectivity index (χ2n) is 3.53. The molecule has 0 aliphatic carbocycles. The summed E-state index contributed by atoms with van der Waals surface area (Å²) in [5, 5.41) is 2.78. The number of nitrogens with zero attached hydrogens (tertiary/aromatic N) is 3. The maximum absolute atomic E-state index is 11.4. The topological polar surface area (TPSA) is 82.5 Å². The van der Waals surface area contributed by atoms with E-state index < -0.39 is 0 Å². The normalized spacial score (nSPS) is 14.2. The van der Waals surface area contributed by atoms with Crippen LogP contribution < -0.4 is 5.32 Å². The van der Waals surface area contributed by atoms with Crippen LogP contribution in [0.1, 0.15) is 5.69 Å². The smallest absolute Gasteiger partial charge is 0.244 e. The summed E-state index contributed by atoms with van der Waals surface area (Å²) in [6, 6.07) is 0. The van der Waals surface area contributed by atoms with Gasteiger partial charge in [0.1, 0.15) is 6.34 Å². The van der Waals surface area contributed by atoms with Gasteiger partial charge in [-0.15, -0.1) is 0 Å². The fourth-order valence-corrected chi connectivity index (χ4v) is 1.36. The zero-order valence-electron chi connectivity index (χ0n) is 9.26. The van der Waals surface area contributed by atoms with Crippen molar-refractivity contribution < 1.29 is 4.79 Å². The van der Waals surface area contributed by atoms with Crippen molar-refractivity contribution in [2.24, 2.45) is 9.98 Å². The Kier molecular flexibility index (Phi) is 3.80. The fourth-order valence-electron chi connectivity index (χ4n) is 1.36. The van der Waals surface area contributed by atoms with Crippen LogP contribution in [0.3, 0.4) is 0 Å². The number of H-pyrrole nitrogens is 1. The molecule has 2 rings (SSSR count). The van der Waals surface area contributed by atoms with Gasteiger partial charge >= 0.3 is 0 Å². The molecule has 1 aromatic rings. The molecular weight excluding hydrogens is 218 g/mol. The van der Waals surface area contributed by atoms with E-state index in [0.29, 0.717) is 13.1 Å². The molecule has 0 spiro atoms. The molecule has 1 aliphatic heterocycles. The highest BCUT2D eigenvalue weighted by atomic mass is 16.1. The molecule has 17 heavy (non-hydrogen) atoms. The molecule has 6 nitrogen and oxygen atoms in total. The monoisotopic (exact) mass is 231 g/mol. The number of aromatic nitrogens is 2. The van der Waals surface area contributed by atoms with Crippen molar-refractivity contribution in [2.45, 2.75) is 6.42 Å².